The number of para-hydroxylation sites is 1. The number of aryl methyl sites for hydroxylation is 2. The minimum absolute atomic E-state index is 0.273. The van der Waals surface area contributed by atoms with E-state index in [0.717, 1.165) is 50.7 Å². The van der Waals surface area contributed by atoms with E-state index in [-0.39, 0.29) is 6.03 Å². The van der Waals surface area contributed by atoms with Crippen molar-refractivity contribution in [1.29, 1.82) is 0 Å². The molecule has 6 heteroatoms. The normalized spacial score (nSPS) is 18.4. The number of nitrogens with zero attached hydrogens (tertiary/aromatic N) is 2. The van der Waals surface area contributed by atoms with Gasteiger partial charge in [0.2, 0.25) is 0 Å². The Balaban J connectivity index is 1.48. The standard InChI is InChI=1S/C31H33N5O/c1-21-10-5-7-14-28(21)30-17-27(20-32-18-23(3)24(4)34-30)33-19-25-12-9-13-26(16-25)35-31(37)36-29-15-8-6-11-22(29)2/h5-18,33H,19-20H2,1-4H3,(H2,35,36,37)/b24-23+,27-17+,32-18?,34-30+. The van der Waals surface area contributed by atoms with Crippen LogP contribution in [0.3, 0.4) is 0 Å². The summed E-state index contributed by atoms with van der Waals surface area (Å²) in [6.45, 7) is 9.21. The minimum Gasteiger partial charge on any atom is -0.383 e. The molecule has 3 aromatic rings. The SMILES string of the molecule is C\C1=C(C)/N=C(c2ccccc2C)\C=C(\NCc2cccc(NC(=O)Nc3ccccc3C)c2)CN=C1. The number of carbonyl (C=O) groups excluding carboxylic acids is 1. The topological polar surface area (TPSA) is 77.9 Å². The predicted molar refractivity (Wildman–Crippen MR) is 155 cm³/mol. The Morgan fingerprint density at radius 3 is 2.41 bits per heavy atom. The van der Waals surface area contributed by atoms with E-state index >= 15 is 0 Å². The van der Waals surface area contributed by atoms with Crippen LogP contribution in [0.4, 0.5) is 16.2 Å². The molecular weight excluding hydrogens is 458 g/mol. The van der Waals surface area contributed by atoms with Gasteiger partial charge < -0.3 is 16.0 Å². The summed E-state index contributed by atoms with van der Waals surface area (Å²) in [6.07, 6.45) is 3.96. The van der Waals surface area contributed by atoms with Crippen molar-refractivity contribution in [3.05, 3.63) is 118 Å². The summed E-state index contributed by atoms with van der Waals surface area (Å²) in [5.74, 6) is 0. The van der Waals surface area contributed by atoms with Crippen LogP contribution in [0, 0.1) is 13.8 Å². The number of hydrogen-bond acceptors (Lipinski definition) is 4. The second-order valence-electron chi connectivity index (χ2n) is 9.17. The van der Waals surface area contributed by atoms with Crippen molar-refractivity contribution < 1.29 is 4.79 Å². The fourth-order valence-electron chi connectivity index (χ4n) is 3.96. The number of rotatable bonds is 6. The third-order valence-corrected chi connectivity index (χ3v) is 6.24. The van der Waals surface area contributed by atoms with Crippen molar-refractivity contribution >= 4 is 29.3 Å². The predicted octanol–water partition coefficient (Wildman–Crippen LogP) is 6.79. The zero-order chi connectivity index (χ0) is 26.2. The van der Waals surface area contributed by atoms with Gasteiger partial charge >= 0.3 is 6.03 Å². The molecule has 0 radical (unpaired) electrons. The van der Waals surface area contributed by atoms with Gasteiger partial charge in [-0.3, -0.25) is 9.98 Å². The van der Waals surface area contributed by atoms with Gasteiger partial charge in [0.25, 0.3) is 0 Å². The molecule has 2 amide bonds. The number of allylic oxidation sites excluding steroid dienone is 3. The minimum atomic E-state index is -0.273. The Labute approximate surface area is 219 Å². The lowest BCUT2D eigenvalue weighted by Gasteiger charge is -2.13. The van der Waals surface area contributed by atoms with Crippen LogP contribution in [-0.2, 0) is 6.54 Å². The number of anilines is 2. The largest absolute Gasteiger partial charge is 0.383 e. The Kier molecular flexibility index (Phi) is 8.31. The lowest BCUT2D eigenvalue weighted by molar-refractivity contribution is 0.262. The second kappa shape index (κ2) is 12.0. The van der Waals surface area contributed by atoms with Crippen LogP contribution in [0.15, 0.2) is 106 Å². The van der Waals surface area contributed by atoms with Gasteiger partial charge in [0.15, 0.2) is 0 Å². The molecule has 3 N–H and O–H groups in total. The van der Waals surface area contributed by atoms with E-state index < -0.39 is 0 Å². The first-order chi connectivity index (χ1) is 17.9. The average molecular weight is 492 g/mol. The van der Waals surface area contributed by atoms with Crippen molar-refractivity contribution in [3.8, 4) is 0 Å². The summed E-state index contributed by atoms with van der Waals surface area (Å²) in [5.41, 5.74) is 9.70. The third kappa shape index (κ3) is 7.04. The molecule has 0 spiro atoms. The van der Waals surface area contributed by atoms with Gasteiger partial charge in [-0.15, -0.1) is 0 Å². The molecule has 37 heavy (non-hydrogen) atoms. The quantitative estimate of drug-likeness (QED) is 0.355. The van der Waals surface area contributed by atoms with Crippen molar-refractivity contribution in [2.24, 2.45) is 9.98 Å². The van der Waals surface area contributed by atoms with Crippen LogP contribution < -0.4 is 16.0 Å². The fraction of sp³-hybridized carbons (Fsp3) is 0.194. The maximum Gasteiger partial charge on any atom is 0.323 e. The van der Waals surface area contributed by atoms with Crippen LogP contribution in [-0.4, -0.2) is 24.5 Å². The lowest BCUT2D eigenvalue weighted by atomic mass is 10.0. The van der Waals surface area contributed by atoms with Crippen molar-refractivity contribution in [3.63, 3.8) is 0 Å². The Morgan fingerprint density at radius 2 is 1.62 bits per heavy atom. The molecular formula is C31H33N5O. The number of carbonyl (C=O) groups is 1. The van der Waals surface area contributed by atoms with Gasteiger partial charge in [-0.05, 0) is 74.2 Å². The molecule has 4 rings (SSSR count). The molecule has 188 valence electrons. The summed E-state index contributed by atoms with van der Waals surface area (Å²) in [4.78, 5) is 22.1. The van der Waals surface area contributed by atoms with Gasteiger partial charge in [-0.1, -0.05) is 54.6 Å². The zero-order valence-electron chi connectivity index (χ0n) is 21.8. The summed E-state index contributed by atoms with van der Waals surface area (Å²) >= 11 is 0. The van der Waals surface area contributed by atoms with Crippen LogP contribution in [0.5, 0.6) is 0 Å². The molecule has 0 saturated carbocycles. The monoisotopic (exact) mass is 491 g/mol. The van der Waals surface area contributed by atoms with Crippen LogP contribution in [0.25, 0.3) is 0 Å². The van der Waals surface area contributed by atoms with E-state index in [9.17, 15) is 4.79 Å². The third-order valence-electron chi connectivity index (χ3n) is 6.24. The number of nitrogens with one attached hydrogen (secondary N) is 3. The molecule has 0 atom stereocenters. The van der Waals surface area contributed by atoms with E-state index in [2.05, 4.69) is 46.1 Å². The van der Waals surface area contributed by atoms with Gasteiger partial charge in [-0.25, -0.2) is 4.79 Å². The molecule has 0 aliphatic carbocycles. The average Bonchev–Trinajstić information content (AvgIpc) is 2.94. The number of amides is 2. The molecule has 0 aromatic heterocycles. The Bertz CT molecular complexity index is 1410. The summed E-state index contributed by atoms with van der Waals surface area (Å²) < 4.78 is 0. The van der Waals surface area contributed by atoms with Crippen LogP contribution in [0.2, 0.25) is 0 Å². The Hall–Kier alpha value is -4.45. The molecule has 3 aromatic carbocycles. The maximum atomic E-state index is 12.5. The highest BCUT2D eigenvalue weighted by Gasteiger charge is 2.10. The first-order valence-corrected chi connectivity index (χ1v) is 12.4. The van der Waals surface area contributed by atoms with E-state index in [0.29, 0.717) is 13.1 Å². The summed E-state index contributed by atoms with van der Waals surface area (Å²) in [7, 11) is 0. The summed E-state index contributed by atoms with van der Waals surface area (Å²) in [5, 5.41) is 9.36. The molecule has 1 aliphatic rings. The first-order valence-electron chi connectivity index (χ1n) is 12.4. The summed E-state index contributed by atoms with van der Waals surface area (Å²) in [6, 6.07) is 23.5. The highest BCUT2D eigenvalue weighted by molar-refractivity contribution is 6.10. The molecule has 1 heterocycles. The second-order valence-corrected chi connectivity index (χ2v) is 9.17. The molecule has 0 bridgehead atoms. The lowest BCUT2D eigenvalue weighted by Crippen LogP contribution is -2.20. The molecule has 0 unspecified atom stereocenters. The molecule has 0 saturated heterocycles. The first kappa shape index (κ1) is 25.6. The van der Waals surface area contributed by atoms with Gasteiger partial charge in [0, 0.05) is 41.1 Å². The number of benzene rings is 3. The van der Waals surface area contributed by atoms with Crippen LogP contribution in [0.1, 0.15) is 36.1 Å². The highest BCUT2D eigenvalue weighted by atomic mass is 16.2. The maximum absolute atomic E-state index is 12.5. The van der Waals surface area contributed by atoms with Crippen molar-refractivity contribution in [1.82, 2.24) is 5.32 Å². The molecule has 1 aliphatic heterocycles. The Morgan fingerprint density at radius 1 is 0.865 bits per heavy atom. The fourth-order valence-corrected chi connectivity index (χ4v) is 3.96. The van der Waals surface area contributed by atoms with Gasteiger partial charge in [-0.2, -0.15) is 0 Å². The number of hydrogen-bond donors (Lipinski definition) is 3. The highest BCUT2D eigenvalue weighted by Crippen LogP contribution is 2.17. The van der Waals surface area contributed by atoms with E-state index in [1.54, 1.807) is 0 Å². The number of aliphatic imine (C=N–C) groups is 2. The van der Waals surface area contributed by atoms with Crippen molar-refractivity contribution in [2.75, 3.05) is 17.2 Å². The number of urea groups is 1. The smallest absolute Gasteiger partial charge is 0.323 e. The molecule has 0 fully saturated rings. The van der Waals surface area contributed by atoms with Gasteiger partial charge in [0.05, 0.1) is 12.3 Å². The van der Waals surface area contributed by atoms with Gasteiger partial charge in [0.1, 0.15) is 0 Å². The van der Waals surface area contributed by atoms with E-state index in [1.807, 2.05) is 87.6 Å². The van der Waals surface area contributed by atoms with E-state index in [1.165, 1.54) is 5.56 Å². The molecule has 6 nitrogen and oxygen atoms in total. The van der Waals surface area contributed by atoms with Crippen LogP contribution >= 0.6 is 0 Å². The zero-order valence-corrected chi connectivity index (χ0v) is 21.8. The van der Waals surface area contributed by atoms with Crippen molar-refractivity contribution in [2.45, 2.75) is 34.2 Å². The van der Waals surface area contributed by atoms with E-state index in [4.69, 9.17) is 4.99 Å².